The number of benzene rings is 2. The van der Waals surface area contributed by atoms with Crippen LogP contribution in [0, 0.1) is 0 Å². The van der Waals surface area contributed by atoms with Crippen LogP contribution in [0.1, 0.15) is 27.0 Å². The van der Waals surface area contributed by atoms with Crippen molar-refractivity contribution in [1.29, 1.82) is 0 Å². The van der Waals surface area contributed by atoms with Gasteiger partial charge < -0.3 is 4.90 Å². The fourth-order valence-corrected chi connectivity index (χ4v) is 3.86. The van der Waals surface area contributed by atoms with E-state index in [0.29, 0.717) is 5.56 Å². The molecule has 2 heterocycles. The molecular formula is C20H21FN2O. The van der Waals surface area contributed by atoms with E-state index >= 15 is 0 Å². The molecule has 0 aromatic heterocycles. The molecule has 2 aromatic carbocycles. The van der Waals surface area contributed by atoms with Crippen LogP contribution in [0.2, 0.25) is 0 Å². The Balaban J connectivity index is 1.52. The standard InChI is InChI=1S/C20H21FN2O/c21-12-16-6-7-19-17(10-16)11-18-14-22(8-9-23(18)20(19)24)13-15-4-2-1-3-5-15/h1-7,10,18H,8-9,11-14H2/t18-/m1/s1. The van der Waals surface area contributed by atoms with Crippen LogP contribution < -0.4 is 0 Å². The SMILES string of the molecule is O=C1c2ccc(CF)cc2C[C@@H]2CN(Cc3ccccc3)CCN12. The molecule has 0 radical (unpaired) electrons. The minimum absolute atomic E-state index is 0.103. The van der Waals surface area contributed by atoms with Crippen LogP contribution in [0.4, 0.5) is 4.39 Å². The molecule has 1 amide bonds. The Morgan fingerprint density at radius 1 is 1.04 bits per heavy atom. The minimum Gasteiger partial charge on any atom is -0.333 e. The van der Waals surface area contributed by atoms with Gasteiger partial charge in [-0.1, -0.05) is 42.5 Å². The highest BCUT2D eigenvalue weighted by Crippen LogP contribution is 2.27. The van der Waals surface area contributed by atoms with Gasteiger partial charge in [0, 0.05) is 37.8 Å². The molecule has 24 heavy (non-hydrogen) atoms. The van der Waals surface area contributed by atoms with Crippen LogP contribution in [0.25, 0.3) is 0 Å². The molecule has 124 valence electrons. The molecule has 4 rings (SSSR count). The van der Waals surface area contributed by atoms with Crippen LogP contribution in [-0.2, 0) is 19.6 Å². The summed E-state index contributed by atoms with van der Waals surface area (Å²) in [7, 11) is 0. The van der Waals surface area contributed by atoms with Crippen molar-refractivity contribution >= 4 is 5.91 Å². The average Bonchev–Trinajstić information content (AvgIpc) is 2.62. The lowest BCUT2D eigenvalue weighted by Crippen LogP contribution is -2.57. The Labute approximate surface area is 141 Å². The molecular weight excluding hydrogens is 303 g/mol. The number of alkyl halides is 1. The average molecular weight is 324 g/mol. The number of halogens is 1. The third kappa shape index (κ3) is 2.82. The van der Waals surface area contributed by atoms with E-state index in [2.05, 4.69) is 29.2 Å². The second kappa shape index (κ2) is 6.36. The van der Waals surface area contributed by atoms with Crippen LogP contribution in [-0.4, -0.2) is 41.4 Å². The molecule has 2 aliphatic rings. The first-order valence-corrected chi connectivity index (χ1v) is 8.49. The van der Waals surface area contributed by atoms with Gasteiger partial charge in [0.1, 0.15) is 6.67 Å². The van der Waals surface area contributed by atoms with Gasteiger partial charge in [-0.3, -0.25) is 9.69 Å². The Kier molecular flexibility index (Phi) is 4.07. The highest BCUT2D eigenvalue weighted by Gasteiger charge is 2.36. The summed E-state index contributed by atoms with van der Waals surface area (Å²) < 4.78 is 12.9. The maximum Gasteiger partial charge on any atom is 0.254 e. The van der Waals surface area contributed by atoms with Crippen molar-refractivity contribution in [2.45, 2.75) is 25.7 Å². The summed E-state index contributed by atoms with van der Waals surface area (Å²) >= 11 is 0. The number of carbonyl (C=O) groups excluding carboxylic acids is 1. The zero-order valence-electron chi connectivity index (χ0n) is 13.6. The lowest BCUT2D eigenvalue weighted by molar-refractivity contribution is 0.0401. The summed E-state index contributed by atoms with van der Waals surface area (Å²) in [5.74, 6) is 0.103. The summed E-state index contributed by atoms with van der Waals surface area (Å²) in [6.45, 7) is 2.97. The Morgan fingerprint density at radius 2 is 1.88 bits per heavy atom. The quantitative estimate of drug-likeness (QED) is 0.866. The molecule has 0 N–H and O–H groups in total. The molecule has 1 saturated heterocycles. The zero-order valence-corrected chi connectivity index (χ0v) is 13.6. The van der Waals surface area contributed by atoms with Crippen molar-refractivity contribution < 1.29 is 9.18 Å². The largest absolute Gasteiger partial charge is 0.333 e. The van der Waals surface area contributed by atoms with Gasteiger partial charge in [-0.05, 0) is 29.2 Å². The van der Waals surface area contributed by atoms with E-state index in [1.807, 2.05) is 17.0 Å². The van der Waals surface area contributed by atoms with Gasteiger partial charge in [0.05, 0.1) is 0 Å². The van der Waals surface area contributed by atoms with Crippen LogP contribution in [0.15, 0.2) is 48.5 Å². The van der Waals surface area contributed by atoms with Gasteiger partial charge in [0.25, 0.3) is 5.91 Å². The summed E-state index contributed by atoms with van der Waals surface area (Å²) in [6, 6.07) is 16.0. The monoisotopic (exact) mass is 324 g/mol. The topological polar surface area (TPSA) is 23.6 Å². The molecule has 3 nitrogen and oxygen atoms in total. The summed E-state index contributed by atoms with van der Waals surface area (Å²) in [4.78, 5) is 17.1. The maximum atomic E-state index is 12.9. The van der Waals surface area contributed by atoms with Crippen LogP contribution >= 0.6 is 0 Å². The van der Waals surface area contributed by atoms with E-state index in [4.69, 9.17) is 0 Å². The number of hydrogen-bond acceptors (Lipinski definition) is 2. The van der Waals surface area contributed by atoms with Gasteiger partial charge in [0.15, 0.2) is 0 Å². The number of fused-ring (bicyclic) bond motifs is 2. The first-order valence-electron chi connectivity index (χ1n) is 8.49. The third-order valence-electron chi connectivity index (χ3n) is 5.09. The second-order valence-electron chi connectivity index (χ2n) is 6.70. The zero-order chi connectivity index (χ0) is 16.5. The number of rotatable bonds is 3. The van der Waals surface area contributed by atoms with Gasteiger partial charge in [0.2, 0.25) is 0 Å². The molecule has 1 atom stereocenters. The molecule has 0 aliphatic carbocycles. The fraction of sp³-hybridized carbons (Fsp3) is 0.350. The van der Waals surface area contributed by atoms with Crippen LogP contribution in [0.5, 0.6) is 0 Å². The van der Waals surface area contributed by atoms with E-state index in [0.717, 1.165) is 43.7 Å². The Morgan fingerprint density at radius 3 is 2.67 bits per heavy atom. The summed E-state index contributed by atoms with van der Waals surface area (Å²) in [5.41, 5.74) is 3.71. The molecule has 2 aliphatic heterocycles. The molecule has 4 heteroatoms. The first kappa shape index (κ1) is 15.3. The normalized spacial score (nSPS) is 20.6. The number of carbonyl (C=O) groups is 1. The van der Waals surface area contributed by atoms with E-state index < -0.39 is 6.67 Å². The van der Waals surface area contributed by atoms with Crippen molar-refractivity contribution in [3.63, 3.8) is 0 Å². The summed E-state index contributed by atoms with van der Waals surface area (Å²) in [6.07, 6.45) is 0.820. The van der Waals surface area contributed by atoms with Gasteiger partial charge in [-0.2, -0.15) is 0 Å². The molecule has 0 bridgehead atoms. The number of nitrogens with zero attached hydrogens (tertiary/aromatic N) is 2. The molecule has 0 saturated carbocycles. The van der Waals surface area contributed by atoms with Crippen molar-refractivity contribution in [2.24, 2.45) is 0 Å². The van der Waals surface area contributed by atoms with E-state index in [1.165, 1.54) is 5.56 Å². The third-order valence-corrected chi connectivity index (χ3v) is 5.09. The van der Waals surface area contributed by atoms with E-state index in [1.54, 1.807) is 12.1 Å². The molecule has 0 spiro atoms. The van der Waals surface area contributed by atoms with Crippen molar-refractivity contribution in [3.05, 3.63) is 70.8 Å². The van der Waals surface area contributed by atoms with Crippen LogP contribution in [0.3, 0.4) is 0 Å². The number of hydrogen-bond donors (Lipinski definition) is 0. The predicted molar refractivity (Wildman–Crippen MR) is 91.5 cm³/mol. The smallest absolute Gasteiger partial charge is 0.254 e. The molecule has 2 aromatic rings. The Hall–Kier alpha value is -2.20. The van der Waals surface area contributed by atoms with Gasteiger partial charge >= 0.3 is 0 Å². The second-order valence-corrected chi connectivity index (χ2v) is 6.70. The van der Waals surface area contributed by atoms with E-state index in [9.17, 15) is 9.18 Å². The predicted octanol–water partition coefficient (Wildman–Crippen LogP) is 3.04. The Bertz CT molecular complexity index is 747. The van der Waals surface area contributed by atoms with Gasteiger partial charge in [-0.25, -0.2) is 4.39 Å². The number of piperazine rings is 1. The fourth-order valence-electron chi connectivity index (χ4n) is 3.86. The number of amides is 1. The highest BCUT2D eigenvalue weighted by atomic mass is 19.1. The lowest BCUT2D eigenvalue weighted by Gasteiger charge is -2.44. The maximum absolute atomic E-state index is 12.9. The molecule has 1 fully saturated rings. The van der Waals surface area contributed by atoms with Crippen molar-refractivity contribution in [3.8, 4) is 0 Å². The van der Waals surface area contributed by atoms with E-state index in [-0.39, 0.29) is 11.9 Å². The van der Waals surface area contributed by atoms with Gasteiger partial charge in [-0.15, -0.1) is 0 Å². The summed E-state index contributed by atoms with van der Waals surface area (Å²) in [5, 5.41) is 0. The highest BCUT2D eigenvalue weighted by molar-refractivity contribution is 5.97. The molecule has 0 unspecified atom stereocenters. The minimum atomic E-state index is -0.476. The lowest BCUT2D eigenvalue weighted by atomic mass is 9.90. The van der Waals surface area contributed by atoms with Crippen molar-refractivity contribution in [1.82, 2.24) is 9.80 Å². The van der Waals surface area contributed by atoms with Crippen molar-refractivity contribution in [2.75, 3.05) is 19.6 Å². The first-order chi connectivity index (χ1) is 11.7.